The Morgan fingerprint density at radius 3 is 1.28 bits per heavy atom. The van der Waals surface area contributed by atoms with Crippen LogP contribution in [0.4, 0.5) is 17.1 Å². The van der Waals surface area contributed by atoms with Crippen molar-refractivity contribution in [2.75, 3.05) is 4.90 Å². The van der Waals surface area contributed by atoms with Gasteiger partial charge in [-0.25, -0.2) is 0 Å². The number of para-hydroxylation sites is 2. The highest BCUT2D eigenvalue weighted by molar-refractivity contribution is 6.09. The van der Waals surface area contributed by atoms with Gasteiger partial charge in [-0.05, 0) is 105 Å². The molecule has 0 fully saturated rings. The van der Waals surface area contributed by atoms with Crippen LogP contribution >= 0.6 is 0 Å². The molecule has 10 rings (SSSR count). The molecule has 0 bridgehead atoms. The van der Waals surface area contributed by atoms with Gasteiger partial charge in [-0.3, -0.25) is 0 Å². The maximum Gasteiger partial charge on any atom is 0.0541 e. The number of hydrogen-bond acceptors (Lipinski definition) is 1. The number of fused-ring (bicyclic) bond motifs is 9. The largest absolute Gasteiger partial charge is 0.310 e. The van der Waals surface area contributed by atoms with Gasteiger partial charge < -0.3 is 9.47 Å². The summed E-state index contributed by atoms with van der Waals surface area (Å²) in [5.41, 5.74) is 17.8. The van der Waals surface area contributed by atoms with E-state index in [9.17, 15) is 0 Å². The second-order valence-electron chi connectivity index (χ2n) is 15.0. The standard InChI is InChI=1S/C48H38N2/c1-47(2)41-17-9-5-13-35(41)39-29-33(25-27-43(39)47)49(34-26-28-44-40(30-34)36-14-6-10-18-42(36)48(44,3)4)31-21-23-32(24-22-31)50-45-19-11-7-15-37(45)38-16-8-12-20-46(38)50/h5-30H,1-4H3. The first kappa shape index (κ1) is 29.1. The number of hydrogen-bond donors (Lipinski definition) is 0. The molecule has 1 aromatic heterocycles. The molecule has 2 heteroatoms. The van der Waals surface area contributed by atoms with E-state index in [1.165, 1.54) is 66.3 Å². The fraction of sp³-hybridized carbons (Fsp3) is 0.125. The Hall–Kier alpha value is -5.86. The van der Waals surface area contributed by atoms with Crippen molar-refractivity contribution < 1.29 is 0 Å². The first-order chi connectivity index (χ1) is 24.3. The number of nitrogens with zero attached hydrogens (tertiary/aromatic N) is 2. The normalized spacial score (nSPS) is 14.7. The van der Waals surface area contributed by atoms with Crippen molar-refractivity contribution >= 4 is 38.9 Å². The van der Waals surface area contributed by atoms with Crippen LogP contribution in [0.1, 0.15) is 49.9 Å². The Labute approximate surface area is 293 Å². The summed E-state index contributed by atoms with van der Waals surface area (Å²) >= 11 is 0. The SMILES string of the molecule is CC1(C)c2ccccc2-c2cc(N(c3ccc(-n4c5ccccc5c5ccccc54)cc3)c3ccc4c(c3)-c3ccccc3C4(C)C)ccc21. The van der Waals surface area contributed by atoms with Crippen LogP contribution in [0.5, 0.6) is 0 Å². The van der Waals surface area contributed by atoms with Gasteiger partial charge in [0.05, 0.1) is 11.0 Å². The third kappa shape index (κ3) is 3.96. The highest BCUT2D eigenvalue weighted by Gasteiger charge is 2.37. The highest BCUT2D eigenvalue weighted by atomic mass is 15.1. The lowest BCUT2D eigenvalue weighted by atomic mass is 9.82. The van der Waals surface area contributed by atoms with E-state index in [-0.39, 0.29) is 10.8 Å². The van der Waals surface area contributed by atoms with Crippen LogP contribution in [0.3, 0.4) is 0 Å². The molecule has 2 aliphatic carbocycles. The second-order valence-corrected chi connectivity index (χ2v) is 15.0. The molecule has 7 aromatic carbocycles. The molecule has 240 valence electrons. The van der Waals surface area contributed by atoms with Crippen LogP contribution in [0.15, 0.2) is 158 Å². The number of rotatable bonds is 4. The molecule has 0 saturated carbocycles. The molecule has 0 aliphatic heterocycles. The molecule has 8 aromatic rings. The van der Waals surface area contributed by atoms with E-state index in [1.54, 1.807) is 0 Å². The summed E-state index contributed by atoms with van der Waals surface area (Å²) < 4.78 is 2.39. The van der Waals surface area contributed by atoms with E-state index in [0.717, 1.165) is 22.7 Å². The number of aromatic nitrogens is 1. The van der Waals surface area contributed by atoms with Crippen molar-refractivity contribution in [1.82, 2.24) is 4.57 Å². The minimum atomic E-state index is -0.0396. The van der Waals surface area contributed by atoms with Gasteiger partial charge in [-0.2, -0.15) is 0 Å². The summed E-state index contributed by atoms with van der Waals surface area (Å²) in [5, 5.41) is 2.55. The van der Waals surface area contributed by atoms with Crippen LogP contribution in [0.25, 0.3) is 49.7 Å². The van der Waals surface area contributed by atoms with Crippen molar-refractivity contribution in [3.8, 4) is 27.9 Å². The summed E-state index contributed by atoms with van der Waals surface area (Å²) in [6.45, 7) is 9.40. The van der Waals surface area contributed by atoms with Crippen molar-refractivity contribution in [2.24, 2.45) is 0 Å². The summed E-state index contributed by atoms with van der Waals surface area (Å²) in [4.78, 5) is 2.44. The van der Waals surface area contributed by atoms with Gasteiger partial charge in [0.25, 0.3) is 0 Å². The van der Waals surface area contributed by atoms with Crippen molar-refractivity contribution in [2.45, 2.75) is 38.5 Å². The van der Waals surface area contributed by atoms with Gasteiger partial charge in [0.1, 0.15) is 0 Å². The number of benzene rings is 7. The van der Waals surface area contributed by atoms with E-state index in [4.69, 9.17) is 0 Å². The molecular weight excluding hydrogens is 605 g/mol. The lowest BCUT2D eigenvalue weighted by Gasteiger charge is -2.28. The van der Waals surface area contributed by atoms with Gasteiger partial charge in [-0.1, -0.05) is 125 Å². The van der Waals surface area contributed by atoms with E-state index < -0.39 is 0 Å². The molecule has 0 amide bonds. The Morgan fingerprint density at radius 1 is 0.380 bits per heavy atom. The van der Waals surface area contributed by atoms with Gasteiger partial charge in [0.2, 0.25) is 0 Å². The fourth-order valence-electron chi connectivity index (χ4n) is 9.09. The first-order valence-electron chi connectivity index (χ1n) is 17.7. The van der Waals surface area contributed by atoms with Crippen molar-refractivity contribution in [3.05, 3.63) is 180 Å². The Morgan fingerprint density at radius 2 is 0.780 bits per heavy atom. The van der Waals surface area contributed by atoms with Crippen LogP contribution < -0.4 is 4.90 Å². The molecule has 0 N–H and O–H groups in total. The van der Waals surface area contributed by atoms with E-state index in [0.29, 0.717) is 0 Å². The maximum atomic E-state index is 2.44. The van der Waals surface area contributed by atoms with Gasteiger partial charge in [-0.15, -0.1) is 0 Å². The summed E-state index contributed by atoms with van der Waals surface area (Å²) in [6, 6.07) is 58.6. The molecule has 1 heterocycles. The summed E-state index contributed by atoms with van der Waals surface area (Å²) in [5.74, 6) is 0. The predicted octanol–water partition coefficient (Wildman–Crippen LogP) is 12.9. The zero-order valence-corrected chi connectivity index (χ0v) is 28.9. The molecule has 0 saturated heterocycles. The lowest BCUT2D eigenvalue weighted by molar-refractivity contribution is 0.660. The minimum absolute atomic E-state index is 0.0396. The topological polar surface area (TPSA) is 8.17 Å². The van der Waals surface area contributed by atoms with E-state index >= 15 is 0 Å². The van der Waals surface area contributed by atoms with Crippen molar-refractivity contribution in [3.63, 3.8) is 0 Å². The lowest BCUT2D eigenvalue weighted by Crippen LogP contribution is -2.16. The van der Waals surface area contributed by atoms with Crippen molar-refractivity contribution in [1.29, 1.82) is 0 Å². The average Bonchev–Trinajstić information content (AvgIpc) is 3.69. The molecule has 0 atom stereocenters. The molecule has 0 unspecified atom stereocenters. The second kappa shape index (κ2) is 10.3. The van der Waals surface area contributed by atoms with Gasteiger partial charge in [0, 0.05) is 44.4 Å². The third-order valence-electron chi connectivity index (χ3n) is 11.6. The minimum Gasteiger partial charge on any atom is -0.310 e. The molecular formula is C48H38N2. The summed E-state index contributed by atoms with van der Waals surface area (Å²) in [7, 11) is 0. The molecule has 0 radical (unpaired) electrons. The zero-order chi connectivity index (χ0) is 33.8. The Bertz CT molecular complexity index is 2490. The Kier molecular flexibility index (Phi) is 6.01. The molecule has 50 heavy (non-hydrogen) atoms. The first-order valence-corrected chi connectivity index (χ1v) is 17.7. The maximum absolute atomic E-state index is 2.44. The smallest absolute Gasteiger partial charge is 0.0541 e. The van der Waals surface area contributed by atoms with Crippen LogP contribution in [-0.4, -0.2) is 4.57 Å². The van der Waals surface area contributed by atoms with Crippen LogP contribution in [0.2, 0.25) is 0 Å². The van der Waals surface area contributed by atoms with E-state index in [1.807, 2.05) is 0 Å². The third-order valence-corrected chi connectivity index (χ3v) is 11.6. The van der Waals surface area contributed by atoms with Gasteiger partial charge >= 0.3 is 0 Å². The molecule has 2 nitrogen and oxygen atoms in total. The van der Waals surface area contributed by atoms with E-state index in [2.05, 4.69) is 195 Å². The quantitative estimate of drug-likeness (QED) is 0.185. The molecule has 2 aliphatic rings. The molecule has 0 spiro atoms. The Balaban J connectivity index is 1.16. The van der Waals surface area contributed by atoms with Crippen LogP contribution in [-0.2, 0) is 10.8 Å². The fourth-order valence-corrected chi connectivity index (χ4v) is 9.09. The summed E-state index contributed by atoms with van der Waals surface area (Å²) in [6.07, 6.45) is 0. The monoisotopic (exact) mass is 642 g/mol. The van der Waals surface area contributed by atoms with Crippen LogP contribution in [0, 0.1) is 0 Å². The predicted molar refractivity (Wildman–Crippen MR) is 211 cm³/mol. The average molecular weight is 643 g/mol. The highest BCUT2D eigenvalue weighted by Crippen LogP contribution is 2.53. The van der Waals surface area contributed by atoms with Gasteiger partial charge in [0.15, 0.2) is 0 Å². The zero-order valence-electron chi connectivity index (χ0n) is 28.9. The number of anilines is 3.